The van der Waals surface area contributed by atoms with E-state index >= 15 is 0 Å². The van der Waals surface area contributed by atoms with Crippen LogP contribution in [-0.4, -0.2) is 14.8 Å². The van der Waals surface area contributed by atoms with Crippen LogP contribution >= 0.6 is 11.6 Å². The van der Waals surface area contributed by atoms with Crippen LogP contribution in [0, 0.1) is 23.7 Å². The lowest BCUT2D eigenvalue weighted by molar-refractivity contribution is 0.320. The molecular formula is C15H24ClN3. The van der Waals surface area contributed by atoms with Crippen LogP contribution in [0.1, 0.15) is 51.2 Å². The van der Waals surface area contributed by atoms with Gasteiger partial charge in [0.1, 0.15) is 11.6 Å². The molecule has 2 saturated carbocycles. The summed E-state index contributed by atoms with van der Waals surface area (Å²) < 4.78 is 2.27. The molecule has 0 spiro atoms. The van der Waals surface area contributed by atoms with Gasteiger partial charge in [-0.15, -0.1) is 21.8 Å². The highest BCUT2D eigenvalue weighted by molar-refractivity contribution is 6.16. The molecule has 1 heterocycles. The monoisotopic (exact) mass is 281 g/mol. The SMILES string of the molecule is CC(C)Cn1c(CCl)nnc1CC1CC2CCC1C2. The van der Waals surface area contributed by atoms with E-state index in [1.54, 1.807) is 0 Å². The Morgan fingerprint density at radius 2 is 2.00 bits per heavy atom. The molecule has 2 aliphatic carbocycles. The third kappa shape index (κ3) is 2.67. The van der Waals surface area contributed by atoms with Gasteiger partial charge in [-0.1, -0.05) is 20.3 Å². The lowest BCUT2D eigenvalue weighted by Gasteiger charge is -2.21. The Morgan fingerprint density at radius 3 is 2.58 bits per heavy atom. The fraction of sp³-hybridized carbons (Fsp3) is 0.867. The van der Waals surface area contributed by atoms with Crippen LogP contribution in [0.15, 0.2) is 0 Å². The molecule has 2 bridgehead atoms. The Hall–Kier alpha value is -0.570. The molecule has 0 aliphatic heterocycles. The fourth-order valence-electron chi connectivity index (χ4n) is 4.06. The first-order valence-corrected chi connectivity index (χ1v) is 8.17. The Kier molecular flexibility index (Phi) is 3.84. The summed E-state index contributed by atoms with van der Waals surface area (Å²) in [5.41, 5.74) is 0. The van der Waals surface area contributed by atoms with Gasteiger partial charge in [0.25, 0.3) is 0 Å². The summed E-state index contributed by atoms with van der Waals surface area (Å²) in [7, 11) is 0. The molecular weight excluding hydrogens is 258 g/mol. The molecule has 2 aliphatic rings. The fourth-order valence-corrected chi connectivity index (χ4v) is 4.26. The van der Waals surface area contributed by atoms with Crippen LogP contribution in [0.5, 0.6) is 0 Å². The highest BCUT2D eigenvalue weighted by atomic mass is 35.5. The number of halogens is 1. The van der Waals surface area contributed by atoms with Crippen molar-refractivity contribution in [3.05, 3.63) is 11.6 Å². The van der Waals surface area contributed by atoms with E-state index in [-0.39, 0.29) is 0 Å². The average molecular weight is 282 g/mol. The number of hydrogen-bond acceptors (Lipinski definition) is 2. The molecule has 0 N–H and O–H groups in total. The number of hydrogen-bond donors (Lipinski definition) is 0. The first-order chi connectivity index (χ1) is 9.17. The van der Waals surface area contributed by atoms with E-state index < -0.39 is 0 Å². The average Bonchev–Trinajstić information content (AvgIpc) is 3.05. The van der Waals surface area contributed by atoms with E-state index in [1.807, 2.05) is 0 Å². The largest absolute Gasteiger partial charge is 0.314 e. The van der Waals surface area contributed by atoms with Crippen molar-refractivity contribution in [1.82, 2.24) is 14.8 Å². The van der Waals surface area contributed by atoms with E-state index in [0.717, 1.165) is 36.5 Å². The Labute approximate surface area is 120 Å². The van der Waals surface area contributed by atoms with E-state index in [0.29, 0.717) is 11.8 Å². The molecule has 4 heteroatoms. The van der Waals surface area contributed by atoms with Crippen LogP contribution in [0.25, 0.3) is 0 Å². The first kappa shape index (κ1) is 13.4. The maximum atomic E-state index is 5.99. The molecule has 0 amide bonds. The molecule has 1 aromatic rings. The third-order valence-electron chi connectivity index (χ3n) is 4.90. The topological polar surface area (TPSA) is 30.7 Å². The van der Waals surface area contributed by atoms with Crippen molar-refractivity contribution >= 4 is 11.6 Å². The van der Waals surface area contributed by atoms with E-state index in [4.69, 9.17) is 11.6 Å². The van der Waals surface area contributed by atoms with Crippen LogP contribution < -0.4 is 0 Å². The summed E-state index contributed by atoms with van der Waals surface area (Å²) in [6, 6.07) is 0. The van der Waals surface area contributed by atoms with E-state index in [2.05, 4.69) is 28.6 Å². The van der Waals surface area contributed by atoms with Gasteiger partial charge >= 0.3 is 0 Å². The maximum Gasteiger partial charge on any atom is 0.147 e. The zero-order valence-corrected chi connectivity index (χ0v) is 12.7. The van der Waals surface area contributed by atoms with Crippen LogP contribution in [0.2, 0.25) is 0 Å². The van der Waals surface area contributed by atoms with Crippen molar-refractivity contribution in [2.45, 2.75) is 58.4 Å². The van der Waals surface area contributed by atoms with Gasteiger partial charge < -0.3 is 4.57 Å². The summed E-state index contributed by atoms with van der Waals surface area (Å²) in [5, 5.41) is 8.69. The minimum atomic E-state index is 0.469. The van der Waals surface area contributed by atoms with Gasteiger partial charge in [0.2, 0.25) is 0 Å². The summed E-state index contributed by atoms with van der Waals surface area (Å²) in [4.78, 5) is 0. The lowest BCUT2D eigenvalue weighted by Crippen LogP contribution is -2.18. The predicted octanol–water partition coefficient (Wildman–Crippen LogP) is 3.65. The highest BCUT2D eigenvalue weighted by Gasteiger charge is 2.39. The molecule has 3 atom stereocenters. The summed E-state index contributed by atoms with van der Waals surface area (Å²) in [6.07, 6.45) is 6.89. The predicted molar refractivity (Wildman–Crippen MR) is 77.1 cm³/mol. The second-order valence-corrected chi connectivity index (χ2v) is 7.08. The molecule has 3 unspecified atom stereocenters. The molecule has 2 fully saturated rings. The maximum absolute atomic E-state index is 5.99. The summed E-state index contributed by atoms with van der Waals surface area (Å²) in [5.74, 6) is 5.98. The van der Waals surface area contributed by atoms with Crippen LogP contribution in [0.3, 0.4) is 0 Å². The molecule has 0 saturated heterocycles. The van der Waals surface area contributed by atoms with Crippen molar-refractivity contribution < 1.29 is 0 Å². The molecule has 3 nitrogen and oxygen atoms in total. The van der Waals surface area contributed by atoms with Crippen molar-refractivity contribution in [3.63, 3.8) is 0 Å². The quantitative estimate of drug-likeness (QED) is 0.771. The van der Waals surface area contributed by atoms with E-state index in [1.165, 1.54) is 31.5 Å². The van der Waals surface area contributed by atoms with E-state index in [9.17, 15) is 0 Å². The van der Waals surface area contributed by atoms with Gasteiger partial charge in [-0.2, -0.15) is 0 Å². The molecule has 3 rings (SSSR count). The third-order valence-corrected chi connectivity index (χ3v) is 5.14. The standard InChI is InChI=1S/C15H24ClN3/c1-10(2)9-19-14(17-18-15(19)8-16)7-13-6-11-3-4-12(13)5-11/h10-13H,3-9H2,1-2H3. The number of nitrogens with zero attached hydrogens (tertiary/aromatic N) is 3. The second-order valence-electron chi connectivity index (χ2n) is 6.81. The minimum absolute atomic E-state index is 0.469. The lowest BCUT2D eigenvalue weighted by atomic mass is 9.86. The summed E-state index contributed by atoms with van der Waals surface area (Å²) >= 11 is 5.99. The van der Waals surface area contributed by atoms with Crippen LogP contribution in [0.4, 0.5) is 0 Å². The van der Waals surface area contributed by atoms with Crippen molar-refractivity contribution in [1.29, 1.82) is 0 Å². The van der Waals surface area contributed by atoms with Gasteiger partial charge in [-0.05, 0) is 42.9 Å². The second kappa shape index (κ2) is 5.43. The van der Waals surface area contributed by atoms with Gasteiger partial charge in [0.05, 0.1) is 5.88 Å². The van der Waals surface area contributed by atoms with Crippen molar-refractivity contribution in [2.24, 2.45) is 23.7 Å². The zero-order chi connectivity index (χ0) is 13.4. The van der Waals surface area contributed by atoms with Gasteiger partial charge in [0, 0.05) is 13.0 Å². The highest BCUT2D eigenvalue weighted by Crippen LogP contribution is 2.49. The molecule has 106 valence electrons. The smallest absolute Gasteiger partial charge is 0.147 e. The zero-order valence-electron chi connectivity index (χ0n) is 12.0. The molecule has 0 aromatic carbocycles. The normalized spacial score (nSPS) is 29.6. The molecule has 0 radical (unpaired) electrons. The molecule has 19 heavy (non-hydrogen) atoms. The van der Waals surface area contributed by atoms with Gasteiger partial charge in [-0.25, -0.2) is 0 Å². The number of fused-ring (bicyclic) bond motifs is 2. The van der Waals surface area contributed by atoms with Crippen molar-refractivity contribution in [3.8, 4) is 0 Å². The number of aromatic nitrogens is 3. The first-order valence-electron chi connectivity index (χ1n) is 7.64. The van der Waals surface area contributed by atoms with Crippen LogP contribution in [-0.2, 0) is 18.8 Å². The van der Waals surface area contributed by atoms with Gasteiger partial charge in [0.15, 0.2) is 0 Å². The number of alkyl halides is 1. The van der Waals surface area contributed by atoms with Gasteiger partial charge in [-0.3, -0.25) is 0 Å². The Bertz CT molecular complexity index is 441. The summed E-state index contributed by atoms with van der Waals surface area (Å²) in [6.45, 7) is 5.46. The molecule has 1 aromatic heterocycles. The number of rotatable bonds is 5. The van der Waals surface area contributed by atoms with Crippen molar-refractivity contribution in [2.75, 3.05) is 0 Å². The minimum Gasteiger partial charge on any atom is -0.314 e. The Morgan fingerprint density at radius 1 is 1.21 bits per heavy atom. The Balaban J connectivity index is 1.75.